The van der Waals surface area contributed by atoms with Crippen molar-refractivity contribution in [3.05, 3.63) is 83.9 Å². The Labute approximate surface area is 185 Å². The quantitative estimate of drug-likeness (QED) is 0.370. The molecule has 0 aliphatic carbocycles. The Morgan fingerprint density at radius 1 is 0.968 bits per heavy atom. The number of amides is 1. The van der Waals surface area contributed by atoms with Gasteiger partial charge >= 0.3 is 0 Å². The monoisotopic (exact) mass is 432 g/mol. The molecular weight excluding hydrogens is 408 g/mol. The van der Waals surface area contributed by atoms with Crippen LogP contribution in [0.1, 0.15) is 18.1 Å². The molecule has 0 saturated heterocycles. The number of aryl methyl sites for hydroxylation is 1. The standard InChI is InChI=1S/C25H24N2O3S/c1-3-18-13-14-20-23(15-18)31-25(26-20)27(16-19-9-5-4-6-10-19)24(28)17-30-22-12-8-7-11-21(22)29-2/h4-15H,3,16-17H2,1-2H3. The Morgan fingerprint density at radius 3 is 2.45 bits per heavy atom. The lowest BCUT2D eigenvalue weighted by Crippen LogP contribution is -2.34. The van der Waals surface area contributed by atoms with E-state index in [9.17, 15) is 4.79 Å². The number of anilines is 1. The number of nitrogens with zero attached hydrogens (tertiary/aromatic N) is 2. The largest absolute Gasteiger partial charge is 0.493 e. The molecule has 4 rings (SSSR count). The van der Waals surface area contributed by atoms with E-state index in [-0.39, 0.29) is 12.5 Å². The van der Waals surface area contributed by atoms with E-state index in [0.29, 0.717) is 23.2 Å². The van der Waals surface area contributed by atoms with E-state index in [0.717, 1.165) is 22.2 Å². The van der Waals surface area contributed by atoms with Gasteiger partial charge in [-0.25, -0.2) is 4.98 Å². The molecule has 1 heterocycles. The summed E-state index contributed by atoms with van der Waals surface area (Å²) in [4.78, 5) is 19.7. The maximum Gasteiger partial charge on any atom is 0.267 e. The highest BCUT2D eigenvalue weighted by atomic mass is 32.1. The van der Waals surface area contributed by atoms with Crippen LogP contribution in [-0.4, -0.2) is 24.6 Å². The molecular formula is C25H24N2O3S. The second-order valence-electron chi connectivity index (χ2n) is 7.06. The fourth-order valence-electron chi connectivity index (χ4n) is 3.28. The van der Waals surface area contributed by atoms with Crippen molar-refractivity contribution in [3.8, 4) is 11.5 Å². The summed E-state index contributed by atoms with van der Waals surface area (Å²) in [5.74, 6) is 0.969. The van der Waals surface area contributed by atoms with E-state index >= 15 is 0 Å². The molecule has 1 aromatic heterocycles. The molecule has 31 heavy (non-hydrogen) atoms. The van der Waals surface area contributed by atoms with Crippen LogP contribution in [0.5, 0.6) is 11.5 Å². The van der Waals surface area contributed by atoms with E-state index in [1.165, 1.54) is 16.9 Å². The first-order valence-corrected chi connectivity index (χ1v) is 11.0. The minimum Gasteiger partial charge on any atom is -0.493 e. The molecule has 5 nitrogen and oxygen atoms in total. The summed E-state index contributed by atoms with van der Waals surface area (Å²) in [6.07, 6.45) is 0.961. The summed E-state index contributed by atoms with van der Waals surface area (Å²) in [6, 6.07) is 23.5. The third kappa shape index (κ3) is 4.86. The van der Waals surface area contributed by atoms with Crippen LogP contribution in [0.2, 0.25) is 0 Å². The van der Waals surface area contributed by atoms with E-state index in [1.807, 2.05) is 48.5 Å². The van der Waals surface area contributed by atoms with Gasteiger partial charge in [0.15, 0.2) is 23.2 Å². The fraction of sp³-hybridized carbons (Fsp3) is 0.200. The SMILES string of the molecule is CCc1ccc2nc(N(Cc3ccccc3)C(=O)COc3ccccc3OC)sc2c1. The average Bonchev–Trinajstić information content (AvgIpc) is 3.24. The zero-order valence-corrected chi connectivity index (χ0v) is 18.4. The van der Waals surface area contributed by atoms with Crippen molar-refractivity contribution >= 4 is 32.6 Å². The van der Waals surface area contributed by atoms with Gasteiger partial charge in [0.25, 0.3) is 5.91 Å². The number of ether oxygens (including phenoxy) is 2. The van der Waals surface area contributed by atoms with Crippen LogP contribution < -0.4 is 14.4 Å². The number of hydrogen-bond donors (Lipinski definition) is 0. The zero-order valence-electron chi connectivity index (χ0n) is 17.6. The maximum absolute atomic E-state index is 13.2. The first-order chi connectivity index (χ1) is 15.2. The van der Waals surface area contributed by atoms with Gasteiger partial charge in [-0.2, -0.15) is 0 Å². The number of benzene rings is 3. The van der Waals surface area contributed by atoms with Crippen molar-refractivity contribution in [3.63, 3.8) is 0 Å². The van der Waals surface area contributed by atoms with Crippen LogP contribution in [0.3, 0.4) is 0 Å². The second-order valence-corrected chi connectivity index (χ2v) is 8.07. The summed E-state index contributed by atoms with van der Waals surface area (Å²) >= 11 is 1.53. The zero-order chi connectivity index (χ0) is 21.6. The highest BCUT2D eigenvalue weighted by Gasteiger charge is 2.21. The third-order valence-electron chi connectivity index (χ3n) is 4.99. The van der Waals surface area contributed by atoms with Gasteiger partial charge in [-0.3, -0.25) is 9.69 Å². The minimum absolute atomic E-state index is 0.108. The highest BCUT2D eigenvalue weighted by Crippen LogP contribution is 2.31. The summed E-state index contributed by atoms with van der Waals surface area (Å²) in [5, 5.41) is 0.667. The van der Waals surface area contributed by atoms with Gasteiger partial charge in [0.2, 0.25) is 0 Å². The first kappa shape index (κ1) is 20.9. The normalized spacial score (nSPS) is 10.8. The van der Waals surface area contributed by atoms with Crippen molar-refractivity contribution in [2.24, 2.45) is 0 Å². The molecule has 0 fully saturated rings. The van der Waals surface area contributed by atoms with Gasteiger partial charge in [0, 0.05) is 0 Å². The lowest BCUT2D eigenvalue weighted by molar-refractivity contribution is -0.120. The predicted octanol–water partition coefficient (Wildman–Crippen LogP) is 5.48. The number of rotatable bonds is 8. The van der Waals surface area contributed by atoms with Crippen LogP contribution in [0.25, 0.3) is 10.2 Å². The molecule has 158 valence electrons. The summed E-state index contributed by atoms with van der Waals surface area (Å²) in [7, 11) is 1.58. The molecule has 0 aliphatic heterocycles. The van der Waals surface area contributed by atoms with Crippen molar-refractivity contribution in [1.82, 2.24) is 4.98 Å². The molecule has 4 aromatic rings. The Hall–Kier alpha value is -3.38. The van der Waals surface area contributed by atoms with Crippen LogP contribution >= 0.6 is 11.3 Å². The Balaban J connectivity index is 1.61. The molecule has 0 unspecified atom stereocenters. The molecule has 3 aromatic carbocycles. The van der Waals surface area contributed by atoms with Crippen LogP contribution in [0, 0.1) is 0 Å². The van der Waals surface area contributed by atoms with Gasteiger partial charge in [0.05, 0.1) is 23.9 Å². The molecule has 0 bridgehead atoms. The van der Waals surface area contributed by atoms with Crippen molar-refractivity contribution in [2.45, 2.75) is 19.9 Å². The second kappa shape index (κ2) is 9.62. The number of aromatic nitrogens is 1. The summed E-state index contributed by atoms with van der Waals surface area (Å²) in [6.45, 7) is 2.45. The Bertz CT molecular complexity index is 1170. The molecule has 0 atom stereocenters. The van der Waals surface area contributed by atoms with E-state index in [1.54, 1.807) is 24.1 Å². The summed E-state index contributed by atoms with van der Waals surface area (Å²) in [5.41, 5.74) is 3.18. The number of fused-ring (bicyclic) bond motifs is 1. The smallest absolute Gasteiger partial charge is 0.267 e. The fourth-order valence-corrected chi connectivity index (χ4v) is 4.32. The number of carbonyl (C=O) groups is 1. The van der Waals surface area contributed by atoms with Crippen LogP contribution in [-0.2, 0) is 17.8 Å². The number of methoxy groups -OCH3 is 1. The molecule has 1 amide bonds. The first-order valence-electron chi connectivity index (χ1n) is 10.2. The molecule has 0 spiro atoms. The van der Waals surface area contributed by atoms with Gasteiger partial charge in [-0.1, -0.05) is 66.8 Å². The lowest BCUT2D eigenvalue weighted by atomic mass is 10.2. The number of para-hydroxylation sites is 2. The molecule has 0 radical (unpaired) electrons. The highest BCUT2D eigenvalue weighted by molar-refractivity contribution is 7.22. The summed E-state index contributed by atoms with van der Waals surface area (Å²) < 4.78 is 12.2. The van der Waals surface area contributed by atoms with Crippen LogP contribution in [0.4, 0.5) is 5.13 Å². The number of carbonyl (C=O) groups excluding carboxylic acids is 1. The topological polar surface area (TPSA) is 51.7 Å². The third-order valence-corrected chi connectivity index (χ3v) is 6.03. The van der Waals surface area contributed by atoms with Crippen molar-refractivity contribution in [1.29, 1.82) is 0 Å². The predicted molar refractivity (Wildman–Crippen MR) is 125 cm³/mol. The van der Waals surface area contributed by atoms with E-state index < -0.39 is 0 Å². The van der Waals surface area contributed by atoms with Gasteiger partial charge in [-0.05, 0) is 41.8 Å². The number of thiazole rings is 1. The Morgan fingerprint density at radius 2 is 1.71 bits per heavy atom. The molecule has 0 saturated carbocycles. The Kier molecular flexibility index (Phi) is 6.48. The molecule has 0 aliphatic rings. The van der Waals surface area contributed by atoms with E-state index in [4.69, 9.17) is 14.5 Å². The van der Waals surface area contributed by atoms with Gasteiger partial charge in [0.1, 0.15) is 0 Å². The lowest BCUT2D eigenvalue weighted by Gasteiger charge is -2.20. The van der Waals surface area contributed by atoms with Crippen LogP contribution in [0.15, 0.2) is 72.8 Å². The van der Waals surface area contributed by atoms with Crippen molar-refractivity contribution in [2.75, 3.05) is 18.6 Å². The molecule has 6 heteroatoms. The maximum atomic E-state index is 13.2. The minimum atomic E-state index is -0.162. The van der Waals surface area contributed by atoms with Crippen molar-refractivity contribution < 1.29 is 14.3 Å². The molecule has 0 N–H and O–H groups in total. The van der Waals surface area contributed by atoms with Gasteiger partial charge < -0.3 is 9.47 Å². The number of hydrogen-bond acceptors (Lipinski definition) is 5. The van der Waals surface area contributed by atoms with Gasteiger partial charge in [-0.15, -0.1) is 0 Å². The van der Waals surface area contributed by atoms with E-state index in [2.05, 4.69) is 19.1 Å². The average molecular weight is 433 g/mol.